The number of likely N-dealkylation sites (N-methyl/N-ethyl adjacent to an activating group) is 1. The van der Waals surface area contributed by atoms with Crippen LogP contribution in [0.4, 0.5) is 24.7 Å². The van der Waals surface area contributed by atoms with Gasteiger partial charge in [0, 0.05) is 17.6 Å². The van der Waals surface area contributed by atoms with E-state index in [1.807, 2.05) is 12.1 Å². The van der Waals surface area contributed by atoms with E-state index in [4.69, 9.17) is 5.73 Å². The second-order valence-electron chi connectivity index (χ2n) is 8.56. The molecule has 1 aliphatic rings. The number of nitrogens with one attached hydrogen (secondary N) is 2. The van der Waals surface area contributed by atoms with Gasteiger partial charge in [-0.3, -0.25) is 4.79 Å². The Morgan fingerprint density at radius 1 is 1.22 bits per heavy atom. The lowest BCUT2D eigenvalue weighted by Gasteiger charge is -2.30. The first-order chi connectivity index (χ1) is 15.1. The van der Waals surface area contributed by atoms with Gasteiger partial charge in [-0.25, -0.2) is 5.10 Å². The highest BCUT2D eigenvalue weighted by Gasteiger charge is 2.31. The molecule has 1 aromatic heterocycles. The van der Waals surface area contributed by atoms with Crippen molar-refractivity contribution >= 4 is 22.3 Å². The molecule has 1 saturated heterocycles. The van der Waals surface area contributed by atoms with E-state index >= 15 is 0 Å². The van der Waals surface area contributed by atoms with Gasteiger partial charge < -0.3 is 16.0 Å². The largest absolute Gasteiger partial charge is 0.416 e. The van der Waals surface area contributed by atoms with E-state index in [0.717, 1.165) is 43.6 Å². The zero-order valence-corrected chi connectivity index (χ0v) is 18.0. The van der Waals surface area contributed by atoms with Gasteiger partial charge in [-0.05, 0) is 80.7 Å². The van der Waals surface area contributed by atoms with Gasteiger partial charge >= 0.3 is 6.18 Å². The zero-order valence-electron chi connectivity index (χ0n) is 18.0. The second-order valence-corrected chi connectivity index (χ2v) is 8.56. The number of hydrogen-bond acceptors (Lipinski definition) is 5. The van der Waals surface area contributed by atoms with E-state index in [0.29, 0.717) is 28.1 Å². The highest BCUT2D eigenvalue weighted by molar-refractivity contribution is 5.91. The number of nitrogen functional groups attached to an aromatic ring is 1. The quantitative estimate of drug-likeness (QED) is 0.515. The molecule has 32 heavy (non-hydrogen) atoms. The molecule has 0 radical (unpaired) electrons. The number of H-pyrrole nitrogens is 1. The lowest BCUT2D eigenvalue weighted by atomic mass is 9.90. The Morgan fingerprint density at radius 2 is 2.00 bits per heavy atom. The van der Waals surface area contributed by atoms with Gasteiger partial charge in [0.25, 0.3) is 5.56 Å². The third-order valence-electron chi connectivity index (χ3n) is 6.07. The summed E-state index contributed by atoms with van der Waals surface area (Å²) < 4.78 is 39.6. The molecule has 0 bridgehead atoms. The van der Waals surface area contributed by atoms with Crippen LogP contribution in [0.2, 0.25) is 0 Å². The first-order valence-electron chi connectivity index (χ1n) is 10.6. The molecule has 2 atom stereocenters. The van der Waals surface area contributed by atoms with Crippen LogP contribution in [-0.2, 0) is 6.18 Å². The smallest absolute Gasteiger partial charge is 0.399 e. The van der Waals surface area contributed by atoms with Crippen molar-refractivity contribution in [1.82, 2.24) is 15.1 Å². The van der Waals surface area contributed by atoms with Crippen molar-refractivity contribution < 1.29 is 13.2 Å². The third kappa shape index (κ3) is 4.57. The fourth-order valence-electron chi connectivity index (χ4n) is 4.36. The molecule has 1 unspecified atom stereocenters. The summed E-state index contributed by atoms with van der Waals surface area (Å²) in [7, 11) is 2.09. The number of nitrogens with two attached hydrogens (primary N) is 1. The standard InChI is InChI=1S/C23H26F3N5O/c1-13(16-8-17(23(24,25)26)11-18(27)9-16)28-21-20-10-14(15-4-3-7-31(2)12-15)5-6-19(20)22(32)30-29-21/h5-6,8-11,13,15H,3-4,7,12,27H2,1-2H3,(H,28,29)(H,30,32)/t13-,15?/m1/s1. The fourth-order valence-corrected chi connectivity index (χ4v) is 4.36. The Balaban J connectivity index is 1.70. The van der Waals surface area contributed by atoms with Gasteiger partial charge in [0.05, 0.1) is 17.0 Å². The molecule has 2 aromatic carbocycles. The van der Waals surface area contributed by atoms with Gasteiger partial charge in [0.2, 0.25) is 0 Å². The van der Waals surface area contributed by atoms with E-state index in [2.05, 4.69) is 27.5 Å². The number of fused-ring (bicyclic) bond motifs is 1. The number of hydrogen-bond donors (Lipinski definition) is 3. The van der Waals surface area contributed by atoms with Gasteiger partial charge in [-0.1, -0.05) is 6.07 Å². The van der Waals surface area contributed by atoms with E-state index < -0.39 is 17.8 Å². The number of rotatable bonds is 4. The maximum atomic E-state index is 13.2. The predicted octanol–water partition coefficient (Wildman–Crippen LogP) is 4.51. The number of aromatic nitrogens is 2. The number of likely N-dealkylation sites (tertiary alicyclic amines) is 1. The molecular formula is C23H26F3N5O. The number of halogens is 3. The monoisotopic (exact) mass is 445 g/mol. The number of anilines is 2. The predicted molar refractivity (Wildman–Crippen MR) is 120 cm³/mol. The molecule has 3 aromatic rings. The average molecular weight is 445 g/mol. The molecule has 1 aliphatic heterocycles. The van der Waals surface area contributed by atoms with Crippen LogP contribution >= 0.6 is 0 Å². The number of alkyl halides is 3. The van der Waals surface area contributed by atoms with E-state index in [9.17, 15) is 18.0 Å². The maximum absolute atomic E-state index is 13.2. The first-order valence-corrected chi connectivity index (χ1v) is 10.6. The van der Waals surface area contributed by atoms with E-state index in [1.54, 1.807) is 13.0 Å². The molecule has 0 aliphatic carbocycles. The van der Waals surface area contributed by atoms with Crippen LogP contribution in [0.3, 0.4) is 0 Å². The van der Waals surface area contributed by atoms with Crippen LogP contribution in [0.5, 0.6) is 0 Å². The number of piperidine rings is 1. The fraction of sp³-hybridized carbons (Fsp3) is 0.391. The van der Waals surface area contributed by atoms with Crippen LogP contribution in [0, 0.1) is 0 Å². The summed E-state index contributed by atoms with van der Waals surface area (Å²) in [6, 6.07) is 8.70. The normalized spacial score (nSPS) is 18.6. The summed E-state index contributed by atoms with van der Waals surface area (Å²) >= 11 is 0. The molecule has 2 heterocycles. The molecule has 0 amide bonds. The number of benzene rings is 2. The van der Waals surface area contributed by atoms with Gasteiger partial charge in [-0.2, -0.15) is 18.3 Å². The summed E-state index contributed by atoms with van der Waals surface area (Å²) in [6.07, 6.45) is -2.32. The van der Waals surface area contributed by atoms with Gasteiger partial charge in [0.1, 0.15) is 0 Å². The van der Waals surface area contributed by atoms with Crippen molar-refractivity contribution in [2.45, 2.75) is 37.9 Å². The number of aromatic amines is 1. The van der Waals surface area contributed by atoms with E-state index in [-0.39, 0.29) is 11.2 Å². The first kappa shape index (κ1) is 22.1. The van der Waals surface area contributed by atoms with Gasteiger partial charge in [-0.15, -0.1) is 0 Å². The Hall–Kier alpha value is -3.07. The minimum absolute atomic E-state index is 0.0338. The van der Waals surface area contributed by atoms with Gasteiger partial charge in [0.15, 0.2) is 5.82 Å². The molecule has 1 fully saturated rings. The molecule has 6 nitrogen and oxygen atoms in total. The van der Waals surface area contributed by atoms with Crippen molar-refractivity contribution in [1.29, 1.82) is 0 Å². The molecule has 170 valence electrons. The highest BCUT2D eigenvalue weighted by atomic mass is 19.4. The number of nitrogens with zero attached hydrogens (tertiary/aromatic N) is 2. The van der Waals surface area contributed by atoms with E-state index in [1.165, 1.54) is 6.07 Å². The summed E-state index contributed by atoms with van der Waals surface area (Å²) in [5.41, 5.74) is 6.14. The molecular weight excluding hydrogens is 419 g/mol. The molecule has 0 spiro atoms. The van der Waals surface area contributed by atoms with Crippen LogP contribution in [0.15, 0.2) is 41.2 Å². The zero-order chi connectivity index (χ0) is 23.0. The second kappa shape index (κ2) is 8.46. The minimum atomic E-state index is -4.49. The topological polar surface area (TPSA) is 87.0 Å². The summed E-state index contributed by atoms with van der Waals surface area (Å²) in [5, 5.41) is 10.9. The van der Waals surface area contributed by atoms with Crippen molar-refractivity contribution in [2.24, 2.45) is 0 Å². The van der Waals surface area contributed by atoms with Crippen molar-refractivity contribution in [3.8, 4) is 0 Å². The Bertz CT molecular complexity index is 1190. The van der Waals surface area contributed by atoms with Crippen molar-refractivity contribution in [3.05, 3.63) is 63.4 Å². The molecule has 0 saturated carbocycles. The molecule has 4 rings (SSSR count). The Kier molecular flexibility index (Phi) is 5.85. The van der Waals surface area contributed by atoms with Crippen molar-refractivity contribution in [2.75, 3.05) is 31.2 Å². The van der Waals surface area contributed by atoms with Crippen LogP contribution < -0.4 is 16.6 Å². The SMILES string of the molecule is C[C@@H](Nc1n[nH]c(=O)c2ccc(C3CCCN(C)C3)cc12)c1cc(N)cc(C(F)(F)F)c1. The lowest BCUT2D eigenvalue weighted by Crippen LogP contribution is -2.30. The molecule has 9 heteroatoms. The van der Waals surface area contributed by atoms with Crippen molar-refractivity contribution in [3.63, 3.8) is 0 Å². The lowest BCUT2D eigenvalue weighted by molar-refractivity contribution is -0.137. The summed E-state index contributed by atoms with van der Waals surface area (Å²) in [5.74, 6) is 0.764. The summed E-state index contributed by atoms with van der Waals surface area (Å²) in [4.78, 5) is 14.6. The van der Waals surface area contributed by atoms with Crippen LogP contribution in [0.25, 0.3) is 10.8 Å². The summed E-state index contributed by atoms with van der Waals surface area (Å²) in [6.45, 7) is 3.73. The Labute approximate surface area is 183 Å². The highest BCUT2D eigenvalue weighted by Crippen LogP contribution is 2.34. The van der Waals surface area contributed by atoms with Crippen LogP contribution in [-0.4, -0.2) is 35.2 Å². The Morgan fingerprint density at radius 3 is 2.72 bits per heavy atom. The van der Waals surface area contributed by atoms with Crippen LogP contribution in [0.1, 0.15) is 48.4 Å². The molecule has 4 N–H and O–H groups in total. The maximum Gasteiger partial charge on any atom is 0.416 e. The average Bonchev–Trinajstić information content (AvgIpc) is 2.74. The minimum Gasteiger partial charge on any atom is -0.399 e. The third-order valence-corrected chi connectivity index (χ3v) is 6.07.